The highest BCUT2D eigenvalue weighted by Crippen LogP contribution is 2.33. The predicted molar refractivity (Wildman–Crippen MR) is 153 cm³/mol. The van der Waals surface area contributed by atoms with Crippen molar-refractivity contribution in [2.75, 3.05) is 26.7 Å². The van der Waals surface area contributed by atoms with Gasteiger partial charge in [-0.1, -0.05) is 31.3 Å². The smallest absolute Gasteiger partial charge is 0.251 e. The van der Waals surface area contributed by atoms with Crippen LogP contribution in [-0.2, 0) is 11.3 Å². The molecular weight excluding hydrogens is 510 g/mol. The third-order valence-corrected chi connectivity index (χ3v) is 8.90. The standard InChI is InChI=1S/C30H37N5O3S/c1-20(2)28-32-33-29(39-28)21-9-11-24(12-10-21)38-25-18-22(7-8-23(25)19-35-15-5-6-26(35)36)27(37)31-30(3)13-16-34(4)17-14-30/h7-12,18,20H,5-6,13-17,19H2,1-4H3,(H,31,37). The van der Waals surface area contributed by atoms with Gasteiger partial charge in [0.1, 0.15) is 21.5 Å². The fourth-order valence-corrected chi connectivity index (χ4v) is 5.81. The Bertz CT molecular complexity index is 1330. The number of rotatable bonds is 8. The first-order valence-electron chi connectivity index (χ1n) is 13.7. The molecule has 3 heterocycles. The minimum Gasteiger partial charge on any atom is -0.457 e. The molecule has 5 rings (SSSR count). The molecule has 2 aliphatic heterocycles. The molecule has 0 unspecified atom stereocenters. The van der Waals surface area contributed by atoms with Crippen molar-refractivity contribution in [3.8, 4) is 22.1 Å². The van der Waals surface area contributed by atoms with Crippen molar-refractivity contribution in [2.45, 2.75) is 64.5 Å². The zero-order chi connectivity index (χ0) is 27.6. The molecule has 2 saturated heterocycles. The van der Waals surface area contributed by atoms with Crippen LogP contribution in [0.5, 0.6) is 11.5 Å². The Kier molecular flexibility index (Phi) is 8.00. The summed E-state index contributed by atoms with van der Waals surface area (Å²) in [5.41, 5.74) is 2.17. The van der Waals surface area contributed by atoms with Crippen molar-refractivity contribution in [3.05, 3.63) is 58.6 Å². The first-order valence-corrected chi connectivity index (χ1v) is 14.5. The van der Waals surface area contributed by atoms with E-state index in [-0.39, 0.29) is 17.4 Å². The zero-order valence-corrected chi connectivity index (χ0v) is 24.0. The van der Waals surface area contributed by atoms with Gasteiger partial charge in [0.2, 0.25) is 5.91 Å². The van der Waals surface area contributed by atoms with Crippen LogP contribution in [0.3, 0.4) is 0 Å². The van der Waals surface area contributed by atoms with Gasteiger partial charge in [0, 0.05) is 60.7 Å². The Hall–Kier alpha value is -3.30. The second-order valence-corrected chi connectivity index (χ2v) is 12.3. The number of piperidine rings is 1. The maximum Gasteiger partial charge on any atom is 0.251 e. The van der Waals surface area contributed by atoms with E-state index >= 15 is 0 Å². The van der Waals surface area contributed by atoms with Gasteiger partial charge in [-0.15, -0.1) is 10.2 Å². The lowest BCUT2D eigenvalue weighted by atomic mass is 9.89. The average Bonchev–Trinajstić information content (AvgIpc) is 3.57. The maximum absolute atomic E-state index is 13.3. The number of nitrogens with one attached hydrogen (secondary N) is 1. The van der Waals surface area contributed by atoms with Gasteiger partial charge in [0.25, 0.3) is 5.91 Å². The quantitative estimate of drug-likeness (QED) is 0.403. The lowest BCUT2D eigenvalue weighted by Gasteiger charge is -2.38. The van der Waals surface area contributed by atoms with E-state index in [0.717, 1.165) is 60.0 Å². The molecule has 0 radical (unpaired) electrons. The normalized spacial score (nSPS) is 17.6. The second-order valence-electron chi connectivity index (χ2n) is 11.3. The predicted octanol–water partition coefficient (Wildman–Crippen LogP) is 5.46. The molecule has 0 saturated carbocycles. The Labute approximate surface area is 234 Å². The topological polar surface area (TPSA) is 87.7 Å². The highest BCUT2D eigenvalue weighted by molar-refractivity contribution is 7.14. The molecule has 0 atom stereocenters. The number of nitrogens with zero attached hydrogens (tertiary/aromatic N) is 4. The van der Waals surface area contributed by atoms with E-state index in [4.69, 9.17) is 4.74 Å². The van der Waals surface area contributed by atoms with Gasteiger partial charge in [0.05, 0.1) is 0 Å². The summed E-state index contributed by atoms with van der Waals surface area (Å²) in [6.45, 7) is 9.45. The van der Waals surface area contributed by atoms with E-state index in [2.05, 4.69) is 48.2 Å². The summed E-state index contributed by atoms with van der Waals surface area (Å²) in [5.74, 6) is 1.62. The lowest BCUT2D eigenvalue weighted by molar-refractivity contribution is -0.128. The van der Waals surface area contributed by atoms with Crippen LogP contribution in [0.15, 0.2) is 42.5 Å². The van der Waals surface area contributed by atoms with Gasteiger partial charge < -0.3 is 19.9 Å². The van der Waals surface area contributed by atoms with Crippen molar-refractivity contribution in [2.24, 2.45) is 0 Å². The molecule has 2 aromatic carbocycles. The summed E-state index contributed by atoms with van der Waals surface area (Å²) < 4.78 is 6.35. The van der Waals surface area contributed by atoms with Crippen LogP contribution in [0.2, 0.25) is 0 Å². The number of hydrogen-bond donors (Lipinski definition) is 1. The molecule has 0 bridgehead atoms. The van der Waals surface area contributed by atoms with Gasteiger partial charge in [-0.2, -0.15) is 0 Å². The molecule has 2 amide bonds. The molecule has 39 heavy (non-hydrogen) atoms. The van der Waals surface area contributed by atoms with Crippen LogP contribution in [-0.4, -0.2) is 64.0 Å². The molecule has 3 aromatic rings. The number of likely N-dealkylation sites (tertiary alicyclic amines) is 2. The molecule has 1 N–H and O–H groups in total. The number of carbonyl (C=O) groups is 2. The van der Waals surface area contributed by atoms with E-state index in [1.807, 2.05) is 41.3 Å². The third kappa shape index (κ3) is 6.47. The summed E-state index contributed by atoms with van der Waals surface area (Å²) in [6, 6.07) is 13.3. The van der Waals surface area contributed by atoms with Gasteiger partial charge in [-0.05, 0) is 69.6 Å². The molecule has 9 heteroatoms. The summed E-state index contributed by atoms with van der Waals surface area (Å²) >= 11 is 1.60. The van der Waals surface area contributed by atoms with Gasteiger partial charge in [-0.3, -0.25) is 9.59 Å². The third-order valence-electron chi connectivity index (χ3n) is 7.63. The minimum atomic E-state index is -0.235. The fraction of sp³-hybridized carbons (Fsp3) is 0.467. The number of ether oxygens (including phenoxy) is 1. The summed E-state index contributed by atoms with van der Waals surface area (Å²) in [6.07, 6.45) is 3.27. The van der Waals surface area contributed by atoms with E-state index < -0.39 is 0 Å². The Balaban J connectivity index is 1.37. The summed E-state index contributed by atoms with van der Waals surface area (Å²) in [4.78, 5) is 29.8. The molecule has 2 aliphatic rings. The summed E-state index contributed by atoms with van der Waals surface area (Å²) in [7, 11) is 2.11. The van der Waals surface area contributed by atoms with E-state index in [1.165, 1.54) is 0 Å². The van der Waals surface area contributed by atoms with Crippen molar-refractivity contribution < 1.29 is 14.3 Å². The lowest BCUT2D eigenvalue weighted by Crippen LogP contribution is -2.52. The van der Waals surface area contributed by atoms with Gasteiger partial charge in [-0.25, -0.2) is 0 Å². The van der Waals surface area contributed by atoms with Crippen LogP contribution >= 0.6 is 11.3 Å². The van der Waals surface area contributed by atoms with Crippen molar-refractivity contribution >= 4 is 23.2 Å². The molecule has 2 fully saturated rings. The number of amides is 2. The van der Waals surface area contributed by atoms with E-state index in [0.29, 0.717) is 35.9 Å². The van der Waals surface area contributed by atoms with Crippen LogP contribution in [0.1, 0.15) is 73.3 Å². The van der Waals surface area contributed by atoms with Crippen molar-refractivity contribution in [1.82, 2.24) is 25.3 Å². The second kappa shape index (κ2) is 11.4. The van der Waals surface area contributed by atoms with E-state index in [9.17, 15) is 9.59 Å². The van der Waals surface area contributed by atoms with Crippen LogP contribution in [0.25, 0.3) is 10.6 Å². The van der Waals surface area contributed by atoms with Crippen molar-refractivity contribution in [1.29, 1.82) is 0 Å². The SMILES string of the molecule is CC(C)c1nnc(-c2ccc(Oc3cc(C(=O)NC4(C)CCN(C)CC4)ccc3CN3CCCC3=O)cc2)s1. The molecular formula is C30H37N5O3S. The van der Waals surface area contributed by atoms with Crippen molar-refractivity contribution in [3.63, 3.8) is 0 Å². The molecule has 1 aromatic heterocycles. The monoisotopic (exact) mass is 547 g/mol. The fourth-order valence-electron chi connectivity index (χ4n) is 4.96. The first kappa shape index (κ1) is 27.3. The molecule has 8 nitrogen and oxygen atoms in total. The van der Waals surface area contributed by atoms with Crippen LogP contribution in [0.4, 0.5) is 0 Å². The zero-order valence-electron chi connectivity index (χ0n) is 23.2. The van der Waals surface area contributed by atoms with Gasteiger partial charge in [0.15, 0.2) is 0 Å². The maximum atomic E-state index is 13.3. The molecule has 0 aliphatic carbocycles. The highest BCUT2D eigenvalue weighted by Gasteiger charge is 2.31. The molecule has 0 spiro atoms. The number of carbonyl (C=O) groups excluding carboxylic acids is 2. The van der Waals surface area contributed by atoms with Crippen LogP contribution in [0, 0.1) is 0 Å². The number of aromatic nitrogens is 2. The number of benzene rings is 2. The average molecular weight is 548 g/mol. The van der Waals surface area contributed by atoms with E-state index in [1.54, 1.807) is 17.4 Å². The van der Waals surface area contributed by atoms with Gasteiger partial charge >= 0.3 is 0 Å². The number of hydrogen-bond acceptors (Lipinski definition) is 7. The first-order chi connectivity index (χ1) is 18.7. The largest absolute Gasteiger partial charge is 0.457 e. The Morgan fingerprint density at radius 1 is 1.10 bits per heavy atom. The Morgan fingerprint density at radius 3 is 2.49 bits per heavy atom. The van der Waals surface area contributed by atoms with Crippen LogP contribution < -0.4 is 10.1 Å². The Morgan fingerprint density at radius 2 is 1.85 bits per heavy atom. The summed E-state index contributed by atoms with van der Waals surface area (Å²) in [5, 5.41) is 13.8. The molecule has 206 valence electrons. The highest BCUT2D eigenvalue weighted by atomic mass is 32.1. The minimum absolute atomic E-state index is 0.108.